The average Bonchev–Trinajstić information content (AvgIpc) is 1.23. The SMILES string of the molecule is CC(C)c1cccc(C(C)C)c1-n1c(-c2[c-]cccc2)nc2ccccc21.CCC(CC)C(=O)/C=C(\O)C(CC)CC.[2H]c1cc(C([2H])([2H])C(C)(C)C)cc(C([2H])([2H])[2H])c1-c1cc(-c2[c-]ccc3c2oc2cc(-c4ccccc4)ccc23)ncc1C([2H])([2H])[2H].[Ir]. The Hall–Kier alpha value is -7.18. The summed E-state index contributed by atoms with van der Waals surface area (Å²) in [6.45, 7) is 16.7. The molecule has 10 aromatic rings. The van der Waals surface area contributed by atoms with E-state index in [2.05, 4.69) is 97.9 Å². The third-order valence-electron chi connectivity index (χ3n) is 14.6. The summed E-state index contributed by atoms with van der Waals surface area (Å²) in [4.78, 5) is 21.2. The molecule has 0 aliphatic heterocycles. The number of carbonyl (C=O) groups excluding carboxylic acids is 1. The van der Waals surface area contributed by atoms with E-state index in [1.165, 1.54) is 47.3 Å². The zero-order valence-corrected chi connectivity index (χ0v) is 51.0. The summed E-state index contributed by atoms with van der Waals surface area (Å²) in [6.07, 6.45) is 4.11. The number of aliphatic hydroxyl groups is 1. The first kappa shape index (κ1) is 49.6. The zero-order valence-electron chi connectivity index (χ0n) is 57.6. The molecule has 3 heterocycles. The van der Waals surface area contributed by atoms with Crippen molar-refractivity contribution < 1.29 is 46.8 Å². The third-order valence-corrected chi connectivity index (χ3v) is 14.6. The minimum absolute atomic E-state index is 0. The Kier molecular flexibility index (Phi) is 16.9. The Labute approximate surface area is 508 Å². The maximum absolute atomic E-state index is 11.7. The van der Waals surface area contributed by atoms with Crippen molar-refractivity contribution in [1.82, 2.24) is 14.5 Å². The number of aromatic nitrogens is 3. The maximum atomic E-state index is 11.7. The van der Waals surface area contributed by atoms with Gasteiger partial charge in [0.05, 0.1) is 29.6 Å². The molecule has 0 unspecified atom stereocenters. The van der Waals surface area contributed by atoms with Crippen molar-refractivity contribution in [1.29, 1.82) is 0 Å². The van der Waals surface area contributed by atoms with Gasteiger partial charge in [-0.2, -0.15) is 0 Å². The van der Waals surface area contributed by atoms with E-state index >= 15 is 0 Å². The van der Waals surface area contributed by atoms with Crippen LogP contribution in [0.15, 0.2) is 174 Å². The van der Waals surface area contributed by atoms with Crippen molar-refractivity contribution in [2.75, 3.05) is 0 Å². The van der Waals surface area contributed by atoms with E-state index < -0.39 is 25.5 Å². The van der Waals surface area contributed by atoms with Crippen LogP contribution in [-0.4, -0.2) is 25.4 Å². The fourth-order valence-corrected chi connectivity index (χ4v) is 10.3. The Morgan fingerprint density at radius 1 is 0.728 bits per heavy atom. The molecular formula is C74H81IrN3O3-2. The van der Waals surface area contributed by atoms with Gasteiger partial charge in [0, 0.05) is 66.3 Å². The van der Waals surface area contributed by atoms with Crippen LogP contribution in [0, 0.1) is 43.1 Å². The Morgan fingerprint density at radius 2 is 1.41 bits per heavy atom. The first-order valence-electron chi connectivity index (χ1n) is 32.7. The van der Waals surface area contributed by atoms with Crippen molar-refractivity contribution in [2.24, 2.45) is 17.3 Å². The number of aryl methyl sites for hydroxylation is 2. The van der Waals surface area contributed by atoms with E-state index in [0.29, 0.717) is 28.6 Å². The number of pyridine rings is 1. The fraction of sp³-hybridized carbons (Fsp3) is 0.311. The molecule has 1 radical (unpaired) electrons. The molecule has 0 aliphatic rings. The number of ketones is 1. The fourth-order valence-electron chi connectivity index (χ4n) is 10.3. The summed E-state index contributed by atoms with van der Waals surface area (Å²) in [6, 6.07) is 52.9. The Morgan fingerprint density at radius 3 is 2.05 bits per heavy atom. The molecule has 0 saturated carbocycles. The molecular weight excluding hydrogens is 1170 g/mol. The minimum Gasteiger partial charge on any atom is -0.512 e. The maximum Gasteiger partial charge on any atom is 0.162 e. The zero-order chi connectivity index (χ0) is 64.9. The van der Waals surface area contributed by atoms with E-state index in [1.807, 2.05) is 100 Å². The topological polar surface area (TPSA) is 81.2 Å². The van der Waals surface area contributed by atoms with Gasteiger partial charge in [0.15, 0.2) is 5.78 Å². The number of hydrogen-bond donors (Lipinski definition) is 1. The molecule has 421 valence electrons. The van der Waals surface area contributed by atoms with Gasteiger partial charge in [-0.1, -0.05) is 184 Å². The third kappa shape index (κ3) is 14.3. The number of nitrogens with zero attached hydrogens (tertiary/aromatic N) is 3. The Balaban J connectivity index is 0.000000225. The molecule has 10 rings (SSSR count). The van der Waals surface area contributed by atoms with Crippen molar-refractivity contribution >= 4 is 38.8 Å². The molecule has 0 saturated heterocycles. The van der Waals surface area contributed by atoms with Crippen LogP contribution in [-0.2, 0) is 31.3 Å². The molecule has 7 heteroatoms. The van der Waals surface area contributed by atoms with Crippen LogP contribution in [0.25, 0.3) is 83.6 Å². The Bertz CT molecular complexity index is 4110. The van der Waals surface area contributed by atoms with Gasteiger partial charge in [-0.15, -0.1) is 54.1 Å². The van der Waals surface area contributed by atoms with Gasteiger partial charge in [-0.3, -0.25) is 9.78 Å². The molecule has 0 amide bonds. The van der Waals surface area contributed by atoms with Gasteiger partial charge in [0.25, 0.3) is 0 Å². The summed E-state index contributed by atoms with van der Waals surface area (Å²) in [7, 11) is 0. The predicted molar refractivity (Wildman–Crippen MR) is 337 cm³/mol. The van der Waals surface area contributed by atoms with Gasteiger partial charge in [-0.25, -0.2) is 0 Å². The summed E-state index contributed by atoms with van der Waals surface area (Å²) >= 11 is 0. The molecule has 0 bridgehead atoms. The van der Waals surface area contributed by atoms with Crippen molar-refractivity contribution in [2.45, 2.75) is 134 Å². The van der Waals surface area contributed by atoms with Crippen LogP contribution < -0.4 is 0 Å². The second-order valence-electron chi connectivity index (χ2n) is 22.1. The summed E-state index contributed by atoms with van der Waals surface area (Å²) < 4.78 is 85.1. The molecule has 0 fully saturated rings. The largest absolute Gasteiger partial charge is 0.512 e. The number of rotatable bonds is 15. The molecule has 7 aromatic carbocycles. The molecule has 81 heavy (non-hydrogen) atoms. The van der Waals surface area contributed by atoms with E-state index in [4.69, 9.17) is 21.7 Å². The molecule has 6 nitrogen and oxygen atoms in total. The number of hydrogen-bond acceptors (Lipinski definition) is 5. The van der Waals surface area contributed by atoms with E-state index in [0.717, 1.165) is 70.0 Å². The van der Waals surface area contributed by atoms with Gasteiger partial charge < -0.3 is 19.1 Å². The summed E-state index contributed by atoms with van der Waals surface area (Å²) in [5, 5.41) is 11.4. The number of furan rings is 1. The number of carbonyl (C=O) groups is 1. The first-order valence-corrected chi connectivity index (χ1v) is 28.2. The van der Waals surface area contributed by atoms with Crippen LogP contribution in [0.2, 0.25) is 0 Å². The van der Waals surface area contributed by atoms with Crippen LogP contribution >= 0.6 is 0 Å². The second kappa shape index (κ2) is 27.5. The van der Waals surface area contributed by atoms with E-state index in [9.17, 15) is 9.90 Å². The summed E-state index contributed by atoms with van der Waals surface area (Å²) in [5.74, 6) is 2.35. The van der Waals surface area contributed by atoms with Gasteiger partial charge in [-0.05, 0) is 137 Å². The van der Waals surface area contributed by atoms with Crippen molar-refractivity contribution in [3.05, 3.63) is 210 Å². The van der Waals surface area contributed by atoms with Crippen LogP contribution in [0.3, 0.4) is 0 Å². The van der Waals surface area contributed by atoms with Crippen LogP contribution in [0.1, 0.15) is 154 Å². The number of benzene rings is 7. The molecule has 3 aromatic heterocycles. The number of aliphatic hydroxyl groups excluding tert-OH is 1. The molecule has 0 aliphatic carbocycles. The van der Waals surface area contributed by atoms with E-state index in [1.54, 1.807) is 26.8 Å². The van der Waals surface area contributed by atoms with Crippen molar-refractivity contribution in [3.8, 4) is 50.6 Å². The van der Waals surface area contributed by atoms with Crippen LogP contribution in [0.5, 0.6) is 0 Å². The van der Waals surface area contributed by atoms with Crippen LogP contribution in [0.4, 0.5) is 0 Å². The molecule has 0 atom stereocenters. The van der Waals surface area contributed by atoms with Gasteiger partial charge in [0.1, 0.15) is 5.58 Å². The van der Waals surface area contributed by atoms with Gasteiger partial charge in [0.2, 0.25) is 0 Å². The smallest absolute Gasteiger partial charge is 0.162 e. The average molecular weight is 1260 g/mol. The predicted octanol–water partition coefficient (Wildman–Crippen LogP) is 20.6. The van der Waals surface area contributed by atoms with E-state index in [-0.39, 0.29) is 83.0 Å². The quantitative estimate of drug-likeness (QED) is 0.0628. The molecule has 0 spiro atoms. The first-order chi connectivity index (χ1) is 42.0. The number of fused-ring (bicyclic) bond motifs is 4. The number of imidazole rings is 1. The monoisotopic (exact) mass is 1260 g/mol. The molecule has 1 N–H and O–H groups in total. The minimum atomic E-state index is -2.79. The second-order valence-corrected chi connectivity index (χ2v) is 22.1. The summed E-state index contributed by atoms with van der Waals surface area (Å²) in [5.41, 5.74) is 9.46. The van der Waals surface area contributed by atoms with Gasteiger partial charge >= 0.3 is 0 Å². The standard InChI is InChI=1S/C36H32NO.C25H25N2.C13H24O2.Ir/c1-23-18-25(21-36(3,4)5)14-16-28(23)32-20-33(37-22-24(32)2)31-13-9-12-30-29-17-15-27(19-34(29)38-35(30)31)26-10-7-6-8-11-26;1-17(2)20-13-10-14-21(18(3)4)24(20)27-23-16-9-8-15-22(23)26-25(27)19-11-6-5-7-12-19;1-5-10(6-2)12(14)9-13(15)11(7-3)8-4;/h6-12,14-20,22H,21H2,1-5H3;5-11,13-18H,1-4H3;9-11,14H,5-8H2,1-4H3;/q2*-1;;/b;;12-9-;/i1D3,2D3,16D,21D2;;;. The van der Waals surface area contributed by atoms with Crippen molar-refractivity contribution in [3.63, 3.8) is 0 Å². The number of allylic oxidation sites excluding steroid dienone is 2. The number of para-hydroxylation sites is 3. The normalized spacial score (nSPS) is 13.9.